The Balaban J connectivity index is 1.81. The van der Waals surface area contributed by atoms with Crippen molar-refractivity contribution in [3.8, 4) is 0 Å². The molecule has 0 aliphatic heterocycles. The molecule has 0 aliphatic carbocycles. The largest absolute Gasteiger partial charge is 0.346 e. The van der Waals surface area contributed by atoms with E-state index in [-0.39, 0.29) is 16.8 Å². The maximum atomic E-state index is 12.8. The summed E-state index contributed by atoms with van der Waals surface area (Å²) in [5.74, 6) is -0.262. The molecular weight excluding hydrogens is 396 g/mol. The van der Waals surface area contributed by atoms with Gasteiger partial charge >= 0.3 is 0 Å². The van der Waals surface area contributed by atoms with Gasteiger partial charge in [0.05, 0.1) is 16.6 Å². The number of hydrogen-bond donors (Lipinski definition) is 2. The van der Waals surface area contributed by atoms with E-state index in [2.05, 4.69) is 10.0 Å². The molecule has 1 atom stereocenters. The highest BCUT2D eigenvalue weighted by Gasteiger charge is 2.18. The first-order valence-electron chi connectivity index (χ1n) is 9.74. The molecule has 0 radical (unpaired) electrons. The third-order valence-corrected chi connectivity index (χ3v) is 6.46. The van der Waals surface area contributed by atoms with Crippen LogP contribution in [0.4, 0.5) is 5.69 Å². The zero-order valence-electron chi connectivity index (χ0n) is 17.6. The zero-order chi connectivity index (χ0) is 21.9. The molecule has 0 unspecified atom stereocenters. The highest BCUT2D eigenvalue weighted by molar-refractivity contribution is 7.92. The molecule has 0 aromatic heterocycles. The normalized spacial score (nSPS) is 12.3. The fourth-order valence-corrected chi connectivity index (χ4v) is 4.35. The third kappa shape index (κ3) is 4.89. The molecule has 6 heteroatoms. The van der Waals surface area contributed by atoms with Gasteiger partial charge in [0, 0.05) is 5.56 Å². The van der Waals surface area contributed by atoms with Gasteiger partial charge in [-0.2, -0.15) is 0 Å². The number of amides is 1. The van der Waals surface area contributed by atoms with Crippen LogP contribution in [0.1, 0.15) is 45.6 Å². The van der Waals surface area contributed by atoms with Gasteiger partial charge in [-0.1, -0.05) is 48.0 Å². The molecule has 0 fully saturated rings. The Hall–Kier alpha value is -3.12. The summed E-state index contributed by atoms with van der Waals surface area (Å²) in [6.07, 6.45) is 0. The fourth-order valence-electron chi connectivity index (χ4n) is 3.22. The average Bonchev–Trinajstić information content (AvgIpc) is 2.70. The number of nitrogens with one attached hydrogen (secondary N) is 2. The molecule has 0 aliphatic rings. The van der Waals surface area contributed by atoms with Crippen LogP contribution in [0.15, 0.2) is 71.6 Å². The van der Waals surface area contributed by atoms with Crippen LogP contribution < -0.4 is 10.0 Å². The van der Waals surface area contributed by atoms with Crippen molar-refractivity contribution in [1.29, 1.82) is 0 Å². The summed E-state index contributed by atoms with van der Waals surface area (Å²) in [4.78, 5) is 13.0. The van der Waals surface area contributed by atoms with Crippen LogP contribution in [0, 0.1) is 20.8 Å². The van der Waals surface area contributed by atoms with E-state index >= 15 is 0 Å². The van der Waals surface area contributed by atoms with Gasteiger partial charge < -0.3 is 5.32 Å². The second-order valence-electron chi connectivity index (χ2n) is 7.50. The van der Waals surface area contributed by atoms with E-state index in [0.717, 1.165) is 22.3 Å². The van der Waals surface area contributed by atoms with Gasteiger partial charge in [0.1, 0.15) is 0 Å². The van der Waals surface area contributed by atoms with E-state index < -0.39 is 10.0 Å². The van der Waals surface area contributed by atoms with Gasteiger partial charge in [-0.05, 0) is 68.7 Å². The second-order valence-corrected chi connectivity index (χ2v) is 9.18. The summed E-state index contributed by atoms with van der Waals surface area (Å²) in [6.45, 7) is 7.62. The van der Waals surface area contributed by atoms with Crippen LogP contribution in [-0.4, -0.2) is 14.3 Å². The Morgan fingerprint density at radius 3 is 2.20 bits per heavy atom. The first-order chi connectivity index (χ1) is 14.2. The van der Waals surface area contributed by atoms with Crippen molar-refractivity contribution in [3.63, 3.8) is 0 Å². The summed E-state index contributed by atoms with van der Waals surface area (Å²) >= 11 is 0. The maximum absolute atomic E-state index is 12.8. The van der Waals surface area contributed by atoms with Crippen molar-refractivity contribution in [1.82, 2.24) is 5.32 Å². The monoisotopic (exact) mass is 422 g/mol. The van der Waals surface area contributed by atoms with Crippen LogP contribution >= 0.6 is 0 Å². The lowest BCUT2D eigenvalue weighted by Crippen LogP contribution is -2.27. The fraction of sp³-hybridized carbons (Fsp3) is 0.208. The van der Waals surface area contributed by atoms with Gasteiger partial charge in [-0.3, -0.25) is 9.52 Å². The number of anilines is 1. The predicted molar refractivity (Wildman–Crippen MR) is 120 cm³/mol. The second kappa shape index (κ2) is 8.71. The Labute approximate surface area is 178 Å². The Bertz CT molecular complexity index is 1170. The van der Waals surface area contributed by atoms with Gasteiger partial charge in [0.15, 0.2) is 0 Å². The van der Waals surface area contributed by atoms with E-state index in [9.17, 15) is 13.2 Å². The van der Waals surface area contributed by atoms with Crippen molar-refractivity contribution < 1.29 is 13.2 Å². The molecule has 2 N–H and O–H groups in total. The highest BCUT2D eigenvalue weighted by Crippen LogP contribution is 2.23. The van der Waals surface area contributed by atoms with Crippen LogP contribution in [0.3, 0.4) is 0 Å². The number of rotatable bonds is 6. The quantitative estimate of drug-likeness (QED) is 0.593. The van der Waals surface area contributed by atoms with Crippen molar-refractivity contribution >= 4 is 21.6 Å². The van der Waals surface area contributed by atoms with Gasteiger partial charge in [-0.25, -0.2) is 8.42 Å². The number of benzene rings is 3. The third-order valence-electron chi connectivity index (χ3n) is 5.08. The SMILES string of the molecule is Cc1ccc(S(=O)(=O)Nc2cc(C(=O)N[C@@H](C)c3ccccc3C)ccc2C)cc1. The van der Waals surface area contributed by atoms with Crippen LogP contribution in [0.2, 0.25) is 0 Å². The Morgan fingerprint density at radius 2 is 1.53 bits per heavy atom. The summed E-state index contributed by atoms with van der Waals surface area (Å²) < 4.78 is 28.1. The van der Waals surface area contributed by atoms with Crippen LogP contribution in [-0.2, 0) is 10.0 Å². The van der Waals surface area contributed by atoms with Crippen molar-refractivity contribution in [2.75, 3.05) is 4.72 Å². The molecule has 0 saturated carbocycles. The number of carbonyl (C=O) groups is 1. The van der Waals surface area contributed by atoms with Gasteiger partial charge in [-0.15, -0.1) is 0 Å². The predicted octanol–water partition coefficient (Wildman–Crippen LogP) is 4.90. The lowest BCUT2D eigenvalue weighted by Gasteiger charge is -2.17. The number of carbonyl (C=O) groups excluding carboxylic acids is 1. The first-order valence-corrected chi connectivity index (χ1v) is 11.2. The molecule has 30 heavy (non-hydrogen) atoms. The smallest absolute Gasteiger partial charge is 0.261 e. The highest BCUT2D eigenvalue weighted by atomic mass is 32.2. The molecule has 0 bridgehead atoms. The minimum absolute atomic E-state index is 0.173. The zero-order valence-corrected chi connectivity index (χ0v) is 18.4. The summed E-state index contributed by atoms with van der Waals surface area (Å²) in [7, 11) is -3.75. The minimum atomic E-state index is -3.75. The molecule has 0 heterocycles. The van der Waals surface area contributed by atoms with Crippen LogP contribution in [0.5, 0.6) is 0 Å². The standard InChI is InChI=1S/C24H26N2O3S/c1-16-9-13-21(14-10-16)30(28,29)26-23-15-20(12-11-18(23)3)24(27)25-19(4)22-8-6-5-7-17(22)2/h5-15,19,26H,1-4H3,(H,25,27)/t19-/m0/s1. The van der Waals surface area contributed by atoms with Crippen LogP contribution in [0.25, 0.3) is 0 Å². The van der Waals surface area contributed by atoms with Crippen molar-refractivity contribution in [2.45, 2.75) is 38.6 Å². The average molecular weight is 423 g/mol. The van der Waals surface area contributed by atoms with E-state index in [0.29, 0.717) is 11.3 Å². The van der Waals surface area contributed by atoms with E-state index in [1.54, 1.807) is 49.4 Å². The Morgan fingerprint density at radius 1 is 0.867 bits per heavy atom. The molecule has 5 nitrogen and oxygen atoms in total. The maximum Gasteiger partial charge on any atom is 0.261 e. The molecule has 0 saturated heterocycles. The number of aryl methyl sites for hydroxylation is 3. The molecule has 0 spiro atoms. The molecule has 3 rings (SSSR count). The van der Waals surface area contributed by atoms with Crippen molar-refractivity contribution in [3.05, 3.63) is 94.5 Å². The first kappa shape index (κ1) is 21.6. The summed E-state index contributed by atoms with van der Waals surface area (Å²) in [5, 5.41) is 2.98. The Kier molecular flexibility index (Phi) is 6.27. The lowest BCUT2D eigenvalue weighted by molar-refractivity contribution is 0.0940. The number of sulfonamides is 1. The molecule has 3 aromatic rings. The summed E-state index contributed by atoms with van der Waals surface area (Å²) in [6, 6.07) is 19.3. The molecular formula is C24H26N2O3S. The summed E-state index contributed by atoms with van der Waals surface area (Å²) in [5.41, 5.74) is 4.62. The van der Waals surface area contributed by atoms with E-state index in [1.807, 2.05) is 45.0 Å². The lowest BCUT2D eigenvalue weighted by atomic mass is 10.0. The molecule has 156 valence electrons. The van der Waals surface area contributed by atoms with E-state index in [4.69, 9.17) is 0 Å². The van der Waals surface area contributed by atoms with E-state index in [1.165, 1.54) is 0 Å². The molecule has 1 amide bonds. The van der Waals surface area contributed by atoms with Gasteiger partial charge in [0.2, 0.25) is 0 Å². The minimum Gasteiger partial charge on any atom is -0.346 e. The van der Waals surface area contributed by atoms with Gasteiger partial charge in [0.25, 0.3) is 15.9 Å². The van der Waals surface area contributed by atoms with Crippen molar-refractivity contribution in [2.24, 2.45) is 0 Å². The molecule has 3 aromatic carbocycles. The topological polar surface area (TPSA) is 75.3 Å². The number of hydrogen-bond acceptors (Lipinski definition) is 3.